The maximum absolute atomic E-state index is 10.9. The fourth-order valence-corrected chi connectivity index (χ4v) is 5.83. The van der Waals surface area contributed by atoms with Gasteiger partial charge in [0.15, 0.2) is 12.6 Å². The van der Waals surface area contributed by atoms with Crippen LogP contribution in [-0.4, -0.2) is 208 Å². The third-order valence-corrected chi connectivity index (χ3v) is 8.58. The number of rotatable bonds is 14. The first-order valence-corrected chi connectivity index (χ1v) is 14.4. The highest BCUT2D eigenvalue weighted by atomic mass is 16.7. The van der Waals surface area contributed by atoms with Gasteiger partial charge in [-0.15, -0.1) is 0 Å². The van der Waals surface area contributed by atoms with Crippen molar-refractivity contribution in [2.45, 2.75) is 110 Å². The number of hydrogen-bond donors (Lipinski definition) is 15. The van der Waals surface area contributed by atoms with Crippen molar-refractivity contribution in [3.63, 3.8) is 0 Å². The van der Waals surface area contributed by atoms with Crippen LogP contribution >= 0.6 is 0 Å². The normalized spacial score (nSPS) is 43.6. The minimum atomic E-state index is -2.00. The van der Waals surface area contributed by atoms with Crippen molar-refractivity contribution in [1.82, 2.24) is 5.32 Å². The summed E-state index contributed by atoms with van der Waals surface area (Å²) < 4.78 is 16.9. The highest BCUT2D eigenvalue weighted by Crippen LogP contribution is 2.34. The van der Waals surface area contributed by atoms with Gasteiger partial charge in [0.05, 0.1) is 50.2 Å². The molecule has 3 aliphatic rings. The van der Waals surface area contributed by atoms with E-state index in [-0.39, 0.29) is 18.3 Å². The van der Waals surface area contributed by atoms with Gasteiger partial charge in [0.2, 0.25) is 0 Å². The Morgan fingerprint density at radius 3 is 2.07 bits per heavy atom. The van der Waals surface area contributed by atoms with Gasteiger partial charge in [-0.2, -0.15) is 0 Å². The molecule has 0 aromatic carbocycles. The van der Waals surface area contributed by atoms with Crippen LogP contribution in [0.3, 0.4) is 0 Å². The molecule has 3 rings (SSSR count). The predicted octanol–water partition coefficient (Wildman–Crippen LogP) is -9.09. The highest BCUT2D eigenvalue weighted by molar-refractivity contribution is 5.56. The van der Waals surface area contributed by atoms with Crippen molar-refractivity contribution in [2.75, 3.05) is 26.4 Å². The van der Waals surface area contributed by atoms with Crippen molar-refractivity contribution >= 4 is 6.29 Å². The molecule has 0 aromatic rings. The van der Waals surface area contributed by atoms with E-state index in [1.165, 1.54) is 0 Å². The van der Waals surface area contributed by atoms with Gasteiger partial charge in [0.1, 0.15) is 67.1 Å². The minimum Gasteiger partial charge on any atom is -0.396 e. The number of aliphatic hydroxyl groups is 14. The zero-order valence-corrected chi connectivity index (χ0v) is 24.0. The Labute approximate surface area is 256 Å². The number of aldehydes is 1. The Hall–Kier alpha value is -1.31. The maximum Gasteiger partial charge on any atom is 0.187 e. The number of carbonyl (C=O) groups excluding carboxylic acids is 1. The molecule has 1 saturated carbocycles. The third kappa shape index (κ3) is 8.23. The Bertz CT molecular complexity index is 957. The molecule has 18 atom stereocenters. The molecule has 2 aliphatic carbocycles. The van der Waals surface area contributed by atoms with Crippen LogP contribution in [0, 0.1) is 5.92 Å². The van der Waals surface area contributed by atoms with E-state index in [0.29, 0.717) is 0 Å². The lowest BCUT2D eigenvalue weighted by Gasteiger charge is -2.47. The van der Waals surface area contributed by atoms with Crippen LogP contribution in [0.5, 0.6) is 0 Å². The van der Waals surface area contributed by atoms with E-state index in [9.17, 15) is 76.3 Å². The average molecular weight is 660 g/mol. The van der Waals surface area contributed by atoms with Crippen molar-refractivity contribution in [3.8, 4) is 0 Å². The van der Waals surface area contributed by atoms with Crippen molar-refractivity contribution in [3.05, 3.63) is 11.6 Å². The number of carbonyl (C=O) groups is 1. The summed E-state index contributed by atoms with van der Waals surface area (Å²) >= 11 is 0. The summed E-state index contributed by atoms with van der Waals surface area (Å²) in [6, 6.07) is -2.98. The molecule has 19 heteroatoms. The molecule has 1 heterocycles. The highest BCUT2D eigenvalue weighted by Gasteiger charge is 2.52. The van der Waals surface area contributed by atoms with Gasteiger partial charge < -0.3 is 95.8 Å². The first kappa shape index (κ1) is 38.1. The molecule has 1 aliphatic heterocycles. The van der Waals surface area contributed by atoms with Crippen LogP contribution in [0.1, 0.15) is 6.42 Å². The number of hydrogen-bond acceptors (Lipinski definition) is 19. The van der Waals surface area contributed by atoms with Crippen LogP contribution in [0.4, 0.5) is 0 Å². The summed E-state index contributed by atoms with van der Waals surface area (Å²) in [5.74, 6) is -0.898. The number of nitrogens with one attached hydrogen (secondary N) is 1. The second-order valence-electron chi connectivity index (χ2n) is 11.5. The van der Waals surface area contributed by atoms with Crippen molar-refractivity contribution in [1.29, 1.82) is 0 Å². The summed E-state index contributed by atoms with van der Waals surface area (Å²) in [7, 11) is 0. The van der Waals surface area contributed by atoms with Crippen LogP contribution in [0.15, 0.2) is 11.6 Å². The average Bonchev–Trinajstić information content (AvgIpc) is 3.04. The molecule has 45 heavy (non-hydrogen) atoms. The van der Waals surface area contributed by atoms with E-state index < -0.39 is 136 Å². The second kappa shape index (κ2) is 16.7. The minimum absolute atomic E-state index is 0.0234. The lowest BCUT2D eigenvalue weighted by molar-refractivity contribution is -0.332. The molecule has 262 valence electrons. The van der Waals surface area contributed by atoms with Gasteiger partial charge in [-0.05, 0) is 12.0 Å². The fraction of sp³-hybridized carbons (Fsp3) is 0.885. The van der Waals surface area contributed by atoms with Crippen LogP contribution in [-0.2, 0) is 19.0 Å². The molecule has 0 amide bonds. The van der Waals surface area contributed by atoms with E-state index in [2.05, 4.69) is 5.32 Å². The molecule has 2 fully saturated rings. The zero-order valence-electron chi connectivity index (χ0n) is 24.0. The molecule has 15 N–H and O–H groups in total. The largest absolute Gasteiger partial charge is 0.396 e. The van der Waals surface area contributed by atoms with Crippen molar-refractivity contribution in [2.24, 2.45) is 5.92 Å². The number of ether oxygens (including phenoxy) is 3. The predicted molar refractivity (Wildman–Crippen MR) is 144 cm³/mol. The summed E-state index contributed by atoms with van der Waals surface area (Å²) in [5.41, 5.74) is -0.134. The zero-order chi connectivity index (χ0) is 33.7. The topological polar surface area (TPSA) is 340 Å². The van der Waals surface area contributed by atoms with E-state index >= 15 is 0 Å². The summed E-state index contributed by atoms with van der Waals surface area (Å²) in [4.78, 5) is 10.9. The second-order valence-corrected chi connectivity index (χ2v) is 11.5. The van der Waals surface area contributed by atoms with Gasteiger partial charge in [-0.3, -0.25) is 0 Å². The Morgan fingerprint density at radius 2 is 1.51 bits per heavy atom. The molecule has 0 bridgehead atoms. The fourth-order valence-electron chi connectivity index (χ4n) is 5.83. The van der Waals surface area contributed by atoms with Crippen molar-refractivity contribution < 1.29 is 90.5 Å². The maximum atomic E-state index is 10.9. The molecular weight excluding hydrogens is 614 g/mol. The van der Waals surface area contributed by atoms with Gasteiger partial charge in [-0.1, -0.05) is 6.08 Å². The molecular formula is C26H45NO18. The number of aliphatic hydroxyl groups excluding tert-OH is 14. The third-order valence-electron chi connectivity index (χ3n) is 8.58. The van der Waals surface area contributed by atoms with E-state index in [0.717, 1.165) is 6.08 Å². The SMILES string of the molecule is O=CC(O)C(O)C(NC1C=C(CO)C(OC2OC(CO)C(OC3CC(CO)C(O)C(O)C3O)C(O)C2O)C(O)C1O)C(O)CO. The van der Waals surface area contributed by atoms with Gasteiger partial charge in [0, 0.05) is 12.5 Å². The molecule has 0 spiro atoms. The van der Waals surface area contributed by atoms with Crippen LogP contribution < -0.4 is 5.32 Å². The van der Waals surface area contributed by atoms with Gasteiger partial charge >= 0.3 is 0 Å². The Morgan fingerprint density at radius 1 is 0.844 bits per heavy atom. The Kier molecular flexibility index (Phi) is 14.1. The monoisotopic (exact) mass is 659 g/mol. The first-order valence-electron chi connectivity index (χ1n) is 14.4. The first-order chi connectivity index (χ1) is 21.2. The van der Waals surface area contributed by atoms with Crippen LogP contribution in [0.25, 0.3) is 0 Å². The van der Waals surface area contributed by atoms with Gasteiger partial charge in [-0.25, -0.2) is 0 Å². The molecule has 0 radical (unpaired) electrons. The standard InChI is InChI=1S/C26H45NO18/c28-3-8-2-13(19(38)20(39)16(8)35)43-25-14(7-32)44-26(23(42)22(25)41)45-24-9(4-29)1-10(17(36)21(24)40)27-15(11(33)5-30)18(37)12(34)6-31/h1,6,8,10-30,32-42H,2-5,7H2. The smallest absolute Gasteiger partial charge is 0.187 e. The summed E-state index contributed by atoms with van der Waals surface area (Å²) in [6.45, 7) is -3.15. The van der Waals surface area contributed by atoms with E-state index in [1.807, 2.05) is 0 Å². The Balaban J connectivity index is 1.77. The summed E-state index contributed by atoms with van der Waals surface area (Å²) in [6.07, 6.45) is -24.9. The quantitative estimate of drug-likeness (QED) is 0.0608. The summed E-state index contributed by atoms with van der Waals surface area (Å²) in [5, 5.41) is 145. The van der Waals surface area contributed by atoms with E-state index in [1.54, 1.807) is 0 Å². The van der Waals surface area contributed by atoms with Crippen LogP contribution in [0.2, 0.25) is 0 Å². The van der Waals surface area contributed by atoms with Gasteiger partial charge in [0.25, 0.3) is 0 Å². The lowest BCUT2D eigenvalue weighted by atomic mass is 9.81. The molecule has 0 aromatic heterocycles. The van der Waals surface area contributed by atoms with E-state index in [4.69, 9.17) is 14.2 Å². The molecule has 18 unspecified atom stereocenters. The molecule has 1 saturated heterocycles. The molecule has 19 nitrogen and oxygen atoms in total. The lowest BCUT2D eigenvalue weighted by Crippen LogP contribution is -2.65.